The highest BCUT2D eigenvalue weighted by atomic mass is 35.5. The van der Waals surface area contributed by atoms with Crippen LogP contribution in [-0.2, 0) is 13.1 Å². The van der Waals surface area contributed by atoms with Crippen LogP contribution in [0.15, 0.2) is 29.2 Å². The summed E-state index contributed by atoms with van der Waals surface area (Å²) >= 11 is 7.28. The largest absolute Gasteiger partial charge is 0.503 e. The van der Waals surface area contributed by atoms with Crippen LogP contribution in [0.3, 0.4) is 0 Å². The summed E-state index contributed by atoms with van der Waals surface area (Å²) in [6.07, 6.45) is 2.15. The molecule has 30 heavy (non-hydrogen) atoms. The molecule has 4 rings (SSSR count). The maximum absolute atomic E-state index is 13.6. The Hall–Kier alpha value is -2.52. The van der Waals surface area contributed by atoms with Crippen LogP contribution in [0.25, 0.3) is 0 Å². The van der Waals surface area contributed by atoms with Gasteiger partial charge < -0.3 is 19.9 Å². The average molecular weight is 452 g/mol. The van der Waals surface area contributed by atoms with Crippen LogP contribution in [0.5, 0.6) is 5.75 Å². The third-order valence-corrected chi connectivity index (χ3v) is 6.90. The Morgan fingerprint density at radius 1 is 1.40 bits per heavy atom. The first-order valence-electron chi connectivity index (χ1n) is 9.40. The molecule has 1 aromatic heterocycles. The molecule has 0 aliphatic carbocycles. The molecule has 2 aromatic rings. The first-order chi connectivity index (χ1) is 14.3. The van der Waals surface area contributed by atoms with E-state index < -0.39 is 28.8 Å². The minimum atomic E-state index is -0.912. The van der Waals surface area contributed by atoms with Crippen molar-refractivity contribution >= 4 is 35.2 Å². The maximum atomic E-state index is 13.6. The number of hydrogen-bond donors (Lipinski definition) is 2. The Morgan fingerprint density at radius 2 is 2.17 bits per heavy atom. The van der Waals surface area contributed by atoms with Gasteiger partial charge in [0.25, 0.3) is 11.8 Å². The van der Waals surface area contributed by atoms with Crippen molar-refractivity contribution < 1.29 is 19.1 Å². The van der Waals surface area contributed by atoms with Crippen LogP contribution < -0.4 is 10.7 Å². The van der Waals surface area contributed by atoms with Crippen LogP contribution in [0, 0.1) is 5.82 Å². The van der Waals surface area contributed by atoms with Gasteiger partial charge in [0.15, 0.2) is 11.4 Å². The molecule has 2 N–H and O–H groups in total. The summed E-state index contributed by atoms with van der Waals surface area (Å²) in [5, 5.41) is 12.8. The van der Waals surface area contributed by atoms with E-state index in [1.165, 1.54) is 22.9 Å². The number of aromatic hydroxyl groups is 1. The first kappa shape index (κ1) is 20.7. The molecule has 10 heteroatoms. The molecule has 1 unspecified atom stereocenters. The number of amides is 2. The fourth-order valence-corrected chi connectivity index (χ4v) is 5.34. The van der Waals surface area contributed by atoms with Crippen LogP contribution in [-0.4, -0.2) is 43.6 Å². The molecule has 1 aromatic carbocycles. The topological polar surface area (TPSA) is 91.6 Å². The van der Waals surface area contributed by atoms with Gasteiger partial charge in [-0.1, -0.05) is 17.7 Å². The Balaban J connectivity index is 1.62. The molecule has 2 aliphatic rings. The summed E-state index contributed by atoms with van der Waals surface area (Å²) in [6, 6.07) is 4.12. The molecule has 1 saturated heterocycles. The van der Waals surface area contributed by atoms with Gasteiger partial charge in [-0.05, 0) is 36.8 Å². The smallest absolute Gasteiger partial charge is 0.275 e. The van der Waals surface area contributed by atoms with E-state index in [9.17, 15) is 23.9 Å². The summed E-state index contributed by atoms with van der Waals surface area (Å²) in [5.41, 5.74) is -0.821. The standard InChI is InChI=1S/C20H19ClFN3O4S/c1-10-4-5-30-15-9-24-8-12(17(26)18(27)16(24)20(29)25(10)15)19(28)23-7-11-2-3-13(21)14(22)6-11/h2-3,6,8,10,15,27H,4-5,7,9H2,1H3,(H,23,28)/t10-,15?/m1/s1. The van der Waals surface area contributed by atoms with Gasteiger partial charge >= 0.3 is 0 Å². The minimum Gasteiger partial charge on any atom is -0.503 e. The average Bonchev–Trinajstić information content (AvgIpc) is 2.71. The third kappa shape index (κ3) is 3.56. The number of nitrogens with one attached hydrogen (secondary N) is 1. The van der Waals surface area contributed by atoms with E-state index in [-0.39, 0.29) is 34.2 Å². The third-order valence-electron chi connectivity index (χ3n) is 5.36. The SMILES string of the molecule is C[C@@H]1CCSC2Cn3cc(C(=O)NCc4ccc(Cl)c(F)c4)c(=O)c(O)c3C(=O)N21. The van der Waals surface area contributed by atoms with Crippen molar-refractivity contribution in [3.8, 4) is 5.75 Å². The van der Waals surface area contributed by atoms with Crippen molar-refractivity contribution in [1.82, 2.24) is 14.8 Å². The number of nitrogens with zero attached hydrogens (tertiary/aromatic N) is 2. The molecule has 2 amide bonds. The molecule has 0 radical (unpaired) electrons. The molecule has 0 spiro atoms. The number of carbonyl (C=O) groups excluding carboxylic acids is 2. The van der Waals surface area contributed by atoms with Crippen molar-refractivity contribution in [2.24, 2.45) is 0 Å². The molecule has 2 aliphatic heterocycles. The van der Waals surface area contributed by atoms with Gasteiger partial charge in [0.1, 0.15) is 11.4 Å². The fraction of sp³-hybridized carbons (Fsp3) is 0.350. The van der Waals surface area contributed by atoms with Crippen LogP contribution in [0.2, 0.25) is 5.02 Å². The van der Waals surface area contributed by atoms with E-state index in [0.717, 1.165) is 12.2 Å². The van der Waals surface area contributed by atoms with Crippen molar-refractivity contribution in [1.29, 1.82) is 0 Å². The molecule has 158 valence electrons. The number of pyridine rings is 1. The molecule has 3 heterocycles. The van der Waals surface area contributed by atoms with Gasteiger partial charge in [-0.15, -0.1) is 11.8 Å². The zero-order valence-corrected chi connectivity index (χ0v) is 17.6. The Bertz CT molecular complexity index is 1110. The number of rotatable bonds is 3. The highest BCUT2D eigenvalue weighted by Gasteiger charge is 2.40. The molecular formula is C20H19ClFN3O4S. The monoisotopic (exact) mass is 451 g/mol. The second-order valence-electron chi connectivity index (χ2n) is 7.33. The van der Waals surface area contributed by atoms with E-state index in [1.54, 1.807) is 22.7 Å². The molecule has 0 bridgehead atoms. The van der Waals surface area contributed by atoms with E-state index in [4.69, 9.17) is 11.6 Å². The summed E-state index contributed by atoms with van der Waals surface area (Å²) in [7, 11) is 0. The van der Waals surface area contributed by atoms with Gasteiger partial charge in [-0.25, -0.2) is 4.39 Å². The quantitative estimate of drug-likeness (QED) is 0.748. The van der Waals surface area contributed by atoms with Crippen molar-refractivity contribution in [3.63, 3.8) is 0 Å². The molecular weight excluding hydrogens is 433 g/mol. The predicted octanol–water partition coefficient (Wildman–Crippen LogP) is 2.58. The Kier molecular flexibility index (Phi) is 5.50. The number of hydrogen-bond acceptors (Lipinski definition) is 5. The number of halogens is 2. The van der Waals surface area contributed by atoms with Crippen LogP contribution >= 0.6 is 23.4 Å². The van der Waals surface area contributed by atoms with Gasteiger partial charge in [-0.2, -0.15) is 0 Å². The summed E-state index contributed by atoms with van der Waals surface area (Å²) < 4.78 is 15.0. The molecule has 1 fully saturated rings. The first-order valence-corrected chi connectivity index (χ1v) is 10.8. The zero-order valence-electron chi connectivity index (χ0n) is 16.0. The molecule has 0 saturated carbocycles. The predicted molar refractivity (Wildman–Crippen MR) is 111 cm³/mol. The fourth-order valence-electron chi connectivity index (χ4n) is 3.75. The van der Waals surface area contributed by atoms with Gasteiger partial charge in [-0.3, -0.25) is 14.4 Å². The van der Waals surface area contributed by atoms with E-state index in [1.807, 2.05) is 6.92 Å². The summed E-state index contributed by atoms with van der Waals surface area (Å²) in [5.74, 6) is -1.57. The Labute approximate surface area is 180 Å². The van der Waals surface area contributed by atoms with E-state index >= 15 is 0 Å². The van der Waals surface area contributed by atoms with E-state index in [2.05, 4.69) is 5.32 Å². The highest BCUT2D eigenvalue weighted by molar-refractivity contribution is 7.99. The normalized spacial score (nSPS) is 20.5. The number of carbonyl (C=O) groups is 2. The van der Waals surface area contributed by atoms with Crippen molar-refractivity contribution in [2.75, 3.05) is 5.75 Å². The van der Waals surface area contributed by atoms with E-state index in [0.29, 0.717) is 12.1 Å². The summed E-state index contributed by atoms with van der Waals surface area (Å²) in [4.78, 5) is 39.8. The maximum Gasteiger partial charge on any atom is 0.275 e. The lowest BCUT2D eigenvalue weighted by atomic mass is 10.1. The van der Waals surface area contributed by atoms with Gasteiger partial charge in [0.2, 0.25) is 5.43 Å². The number of fused-ring (bicyclic) bond motifs is 2. The van der Waals surface area contributed by atoms with Crippen LogP contribution in [0.1, 0.15) is 39.8 Å². The van der Waals surface area contributed by atoms with Crippen molar-refractivity contribution in [3.05, 3.63) is 62.3 Å². The highest BCUT2D eigenvalue weighted by Crippen LogP contribution is 2.35. The summed E-state index contributed by atoms with van der Waals surface area (Å²) in [6.45, 7) is 2.28. The second kappa shape index (κ2) is 7.96. The number of benzene rings is 1. The minimum absolute atomic E-state index is 0.00903. The zero-order chi connectivity index (χ0) is 21.6. The number of aromatic nitrogens is 1. The lowest BCUT2D eigenvalue weighted by Gasteiger charge is -2.44. The lowest BCUT2D eigenvalue weighted by Crippen LogP contribution is -2.54. The lowest BCUT2D eigenvalue weighted by molar-refractivity contribution is 0.0573. The molecule has 2 atom stereocenters. The van der Waals surface area contributed by atoms with Gasteiger partial charge in [0, 0.05) is 18.8 Å². The number of thioether (sulfide) groups is 1. The van der Waals surface area contributed by atoms with Crippen LogP contribution in [0.4, 0.5) is 4.39 Å². The van der Waals surface area contributed by atoms with Crippen molar-refractivity contribution in [2.45, 2.75) is 37.8 Å². The Morgan fingerprint density at radius 3 is 2.90 bits per heavy atom. The van der Waals surface area contributed by atoms with Gasteiger partial charge in [0.05, 0.1) is 16.9 Å². The second-order valence-corrected chi connectivity index (χ2v) is 9.02. The molecule has 7 nitrogen and oxygen atoms in total.